The number of nitrogen functional groups attached to an aromatic ring is 1. The van der Waals surface area contributed by atoms with Crippen LogP contribution in [0.5, 0.6) is 0 Å². The van der Waals surface area contributed by atoms with Crippen LogP contribution in [0, 0.1) is 0 Å². The number of aryl methyl sites for hydroxylation is 1. The highest BCUT2D eigenvalue weighted by molar-refractivity contribution is 7.98. The predicted octanol–water partition coefficient (Wildman–Crippen LogP) is -0.154. The fourth-order valence-corrected chi connectivity index (χ4v) is 2.12. The SMILES string of the molecule is CSCC(C)(O)CNC(=O)c1nn(C)cc1N. The van der Waals surface area contributed by atoms with Crippen molar-refractivity contribution in [2.45, 2.75) is 12.5 Å². The van der Waals surface area contributed by atoms with Crippen molar-refractivity contribution in [3.8, 4) is 0 Å². The van der Waals surface area contributed by atoms with E-state index in [2.05, 4.69) is 10.4 Å². The molecule has 1 rings (SSSR count). The standard InChI is InChI=1S/C10H18N4O2S/c1-10(16,6-17-3)5-12-9(15)8-7(11)4-14(2)13-8/h4,16H,5-6,11H2,1-3H3,(H,12,15). The highest BCUT2D eigenvalue weighted by atomic mass is 32.2. The monoisotopic (exact) mass is 258 g/mol. The average molecular weight is 258 g/mol. The molecule has 17 heavy (non-hydrogen) atoms. The summed E-state index contributed by atoms with van der Waals surface area (Å²) in [7, 11) is 1.69. The summed E-state index contributed by atoms with van der Waals surface area (Å²) in [6, 6.07) is 0. The van der Waals surface area contributed by atoms with E-state index in [0.717, 1.165) is 0 Å². The van der Waals surface area contributed by atoms with Crippen LogP contribution in [0.25, 0.3) is 0 Å². The molecule has 0 aliphatic rings. The van der Waals surface area contributed by atoms with Crippen LogP contribution in [0.15, 0.2) is 6.20 Å². The molecule has 0 fully saturated rings. The quantitative estimate of drug-likeness (QED) is 0.683. The van der Waals surface area contributed by atoms with E-state index >= 15 is 0 Å². The van der Waals surface area contributed by atoms with Crippen molar-refractivity contribution in [2.24, 2.45) is 7.05 Å². The lowest BCUT2D eigenvalue weighted by Gasteiger charge is -2.22. The van der Waals surface area contributed by atoms with Crippen molar-refractivity contribution in [3.05, 3.63) is 11.9 Å². The Balaban J connectivity index is 2.59. The molecule has 0 saturated carbocycles. The van der Waals surface area contributed by atoms with Crippen LogP contribution < -0.4 is 11.1 Å². The van der Waals surface area contributed by atoms with Crippen LogP contribution in [-0.2, 0) is 7.05 Å². The summed E-state index contributed by atoms with van der Waals surface area (Å²) >= 11 is 1.52. The zero-order chi connectivity index (χ0) is 13.1. The number of aliphatic hydroxyl groups is 1. The van der Waals surface area contributed by atoms with Crippen molar-refractivity contribution in [2.75, 3.05) is 24.3 Å². The van der Waals surface area contributed by atoms with Gasteiger partial charge in [0.1, 0.15) is 0 Å². The van der Waals surface area contributed by atoms with E-state index in [-0.39, 0.29) is 18.1 Å². The molecule has 1 heterocycles. The lowest BCUT2D eigenvalue weighted by Crippen LogP contribution is -2.42. The van der Waals surface area contributed by atoms with Gasteiger partial charge in [-0.25, -0.2) is 0 Å². The van der Waals surface area contributed by atoms with Crippen molar-refractivity contribution in [1.29, 1.82) is 0 Å². The molecule has 0 aliphatic heterocycles. The van der Waals surface area contributed by atoms with Gasteiger partial charge in [-0.1, -0.05) is 0 Å². The van der Waals surface area contributed by atoms with Gasteiger partial charge in [-0.3, -0.25) is 9.48 Å². The molecule has 1 atom stereocenters. The molecule has 0 bridgehead atoms. The largest absolute Gasteiger partial charge is 0.396 e. The van der Waals surface area contributed by atoms with Crippen LogP contribution in [0.3, 0.4) is 0 Å². The lowest BCUT2D eigenvalue weighted by atomic mass is 10.1. The van der Waals surface area contributed by atoms with Crippen molar-refractivity contribution >= 4 is 23.4 Å². The number of aromatic nitrogens is 2. The number of carbonyl (C=O) groups excluding carboxylic acids is 1. The summed E-state index contributed by atoms with van der Waals surface area (Å²) in [5, 5.41) is 16.5. The molecule has 0 aromatic carbocycles. The van der Waals surface area contributed by atoms with Gasteiger partial charge in [-0.15, -0.1) is 0 Å². The summed E-state index contributed by atoms with van der Waals surface area (Å²) in [5.74, 6) is 0.176. The summed E-state index contributed by atoms with van der Waals surface area (Å²) in [4.78, 5) is 11.7. The second-order valence-corrected chi connectivity index (χ2v) is 5.09. The number of rotatable bonds is 5. The molecule has 6 nitrogen and oxygen atoms in total. The zero-order valence-electron chi connectivity index (χ0n) is 10.2. The van der Waals surface area contributed by atoms with Gasteiger partial charge in [0.25, 0.3) is 5.91 Å². The molecular formula is C10H18N4O2S. The fraction of sp³-hybridized carbons (Fsp3) is 0.600. The highest BCUT2D eigenvalue weighted by Crippen LogP contribution is 2.11. The third kappa shape index (κ3) is 3.94. The molecule has 0 saturated heterocycles. The Kier molecular flexibility index (Phi) is 4.41. The van der Waals surface area contributed by atoms with Gasteiger partial charge in [-0.05, 0) is 13.2 Å². The zero-order valence-corrected chi connectivity index (χ0v) is 11.0. The van der Waals surface area contributed by atoms with E-state index < -0.39 is 5.60 Å². The Morgan fingerprint density at radius 3 is 2.88 bits per heavy atom. The van der Waals surface area contributed by atoms with Crippen LogP contribution in [0.2, 0.25) is 0 Å². The maximum Gasteiger partial charge on any atom is 0.274 e. The lowest BCUT2D eigenvalue weighted by molar-refractivity contribution is 0.0722. The molecule has 1 amide bonds. The number of nitrogens with one attached hydrogen (secondary N) is 1. The van der Waals surface area contributed by atoms with Gasteiger partial charge in [-0.2, -0.15) is 16.9 Å². The summed E-state index contributed by atoms with van der Waals surface area (Å²) in [6.45, 7) is 1.84. The summed E-state index contributed by atoms with van der Waals surface area (Å²) < 4.78 is 1.48. The number of hydrogen-bond donors (Lipinski definition) is 3. The Morgan fingerprint density at radius 1 is 1.76 bits per heavy atom. The van der Waals surface area contributed by atoms with Gasteiger partial charge in [0.2, 0.25) is 0 Å². The first-order valence-corrected chi connectivity index (χ1v) is 6.54. The molecule has 1 unspecified atom stereocenters. The van der Waals surface area contributed by atoms with Gasteiger partial charge >= 0.3 is 0 Å². The molecule has 0 aliphatic carbocycles. The highest BCUT2D eigenvalue weighted by Gasteiger charge is 2.22. The minimum atomic E-state index is -0.932. The van der Waals surface area contributed by atoms with Gasteiger partial charge in [0, 0.05) is 25.5 Å². The number of carbonyl (C=O) groups is 1. The fourth-order valence-electron chi connectivity index (χ4n) is 1.40. The normalized spacial score (nSPS) is 14.4. The number of nitrogens with zero attached hydrogens (tertiary/aromatic N) is 2. The van der Waals surface area contributed by atoms with Crippen LogP contribution >= 0.6 is 11.8 Å². The molecule has 1 aromatic heterocycles. The first kappa shape index (κ1) is 13.9. The number of anilines is 1. The first-order valence-electron chi connectivity index (χ1n) is 5.14. The minimum Gasteiger partial charge on any atom is -0.396 e. The average Bonchev–Trinajstić information content (AvgIpc) is 2.54. The molecule has 96 valence electrons. The van der Waals surface area contributed by atoms with E-state index in [1.807, 2.05) is 6.26 Å². The van der Waals surface area contributed by atoms with Crippen molar-refractivity contribution in [1.82, 2.24) is 15.1 Å². The molecule has 0 spiro atoms. The van der Waals surface area contributed by atoms with Crippen molar-refractivity contribution < 1.29 is 9.90 Å². The number of hydrogen-bond acceptors (Lipinski definition) is 5. The predicted molar refractivity (Wildman–Crippen MR) is 69.0 cm³/mol. The smallest absolute Gasteiger partial charge is 0.274 e. The Morgan fingerprint density at radius 2 is 2.41 bits per heavy atom. The number of amides is 1. The van der Waals surface area contributed by atoms with E-state index in [1.165, 1.54) is 16.4 Å². The van der Waals surface area contributed by atoms with Crippen LogP contribution in [-0.4, -0.2) is 44.9 Å². The third-order valence-electron chi connectivity index (χ3n) is 2.16. The second-order valence-electron chi connectivity index (χ2n) is 4.22. The molecule has 4 N–H and O–H groups in total. The van der Waals surface area contributed by atoms with Crippen molar-refractivity contribution in [3.63, 3.8) is 0 Å². The van der Waals surface area contributed by atoms with Crippen LogP contribution in [0.4, 0.5) is 5.69 Å². The second kappa shape index (κ2) is 5.42. The van der Waals surface area contributed by atoms with Gasteiger partial charge in [0.05, 0.1) is 11.3 Å². The summed E-state index contributed by atoms with van der Waals surface area (Å²) in [5.41, 5.74) is 5.21. The topological polar surface area (TPSA) is 93.2 Å². The molecule has 0 radical (unpaired) electrons. The first-order chi connectivity index (χ1) is 7.85. The minimum absolute atomic E-state index is 0.169. The van der Waals surface area contributed by atoms with Crippen LogP contribution in [0.1, 0.15) is 17.4 Å². The Labute approximate surface area is 105 Å². The molecular weight excluding hydrogens is 240 g/mol. The van der Waals surface area contributed by atoms with E-state index in [4.69, 9.17) is 5.73 Å². The number of nitrogens with two attached hydrogens (primary N) is 1. The summed E-state index contributed by atoms with van der Waals surface area (Å²) in [6.07, 6.45) is 3.46. The Bertz CT molecular complexity index is 403. The Hall–Kier alpha value is -1.21. The number of thioether (sulfide) groups is 1. The van der Waals surface area contributed by atoms with Gasteiger partial charge in [0.15, 0.2) is 5.69 Å². The maximum absolute atomic E-state index is 11.7. The van der Waals surface area contributed by atoms with E-state index in [1.54, 1.807) is 20.2 Å². The maximum atomic E-state index is 11.7. The molecule has 7 heteroatoms. The van der Waals surface area contributed by atoms with Gasteiger partial charge < -0.3 is 16.2 Å². The van der Waals surface area contributed by atoms with E-state index in [0.29, 0.717) is 11.4 Å². The van der Waals surface area contributed by atoms with E-state index in [9.17, 15) is 9.90 Å². The third-order valence-corrected chi connectivity index (χ3v) is 3.07. The molecule has 1 aromatic rings.